The molecule has 2 N–H and O–H groups in total. The van der Waals surface area contributed by atoms with Crippen LogP contribution in [0.15, 0.2) is 4.99 Å². The molecule has 0 heterocycles. The first kappa shape index (κ1) is 14.3. The summed E-state index contributed by atoms with van der Waals surface area (Å²) in [6, 6.07) is -0.650. The van der Waals surface area contributed by atoms with Crippen molar-refractivity contribution < 1.29 is 9.59 Å². The van der Waals surface area contributed by atoms with Crippen LogP contribution in [0.3, 0.4) is 0 Å². The molecule has 0 aliphatic carbocycles. The van der Waals surface area contributed by atoms with Gasteiger partial charge in [0, 0.05) is 25.6 Å². The first-order valence-corrected chi connectivity index (χ1v) is 5.57. The molecule has 0 aromatic rings. The molecule has 0 spiro atoms. The summed E-state index contributed by atoms with van der Waals surface area (Å²) in [5, 5.41) is 4.95. The van der Waals surface area contributed by atoms with Crippen molar-refractivity contribution >= 4 is 42.8 Å². The zero-order valence-electron chi connectivity index (χ0n) is 8.65. The number of hydrogen-bond acceptors (Lipinski definition) is 5. The van der Waals surface area contributed by atoms with Gasteiger partial charge in [0.05, 0.1) is 0 Å². The van der Waals surface area contributed by atoms with Crippen molar-refractivity contribution in [3.63, 3.8) is 0 Å². The Morgan fingerprint density at radius 2 is 2.00 bits per heavy atom. The third kappa shape index (κ3) is 4.57. The van der Waals surface area contributed by atoms with Gasteiger partial charge < -0.3 is 10.6 Å². The number of nitrogens with zero attached hydrogens (tertiary/aromatic N) is 1. The summed E-state index contributed by atoms with van der Waals surface area (Å²) in [7, 11) is 3.00. The van der Waals surface area contributed by atoms with Gasteiger partial charge in [-0.05, 0) is 0 Å². The molecule has 2 amide bonds. The molecule has 0 rings (SSSR count). The number of rotatable bonds is 5. The standard InChI is InChI=1S/C8H15N3O2S2/c1-9-5(3-14)8(13)11-6(4-15)7(12)10-2/h6,14-15H,3-4H2,1-2H3,(H,10,12)(H,11,13)/b9-5+/t6-/m0/s1. The van der Waals surface area contributed by atoms with E-state index in [1.165, 1.54) is 14.1 Å². The van der Waals surface area contributed by atoms with Gasteiger partial charge in [-0.3, -0.25) is 14.6 Å². The predicted octanol–water partition coefficient (Wildman–Crippen LogP) is -0.852. The van der Waals surface area contributed by atoms with Crippen molar-refractivity contribution in [3.8, 4) is 0 Å². The lowest BCUT2D eigenvalue weighted by Crippen LogP contribution is -2.49. The molecule has 0 saturated heterocycles. The average Bonchev–Trinajstić information content (AvgIpc) is 2.26. The summed E-state index contributed by atoms with van der Waals surface area (Å²) in [5.74, 6) is -0.215. The number of carbonyl (C=O) groups is 2. The van der Waals surface area contributed by atoms with E-state index in [1.54, 1.807) is 0 Å². The van der Waals surface area contributed by atoms with Crippen molar-refractivity contribution in [3.05, 3.63) is 0 Å². The smallest absolute Gasteiger partial charge is 0.266 e. The number of nitrogens with one attached hydrogen (secondary N) is 2. The number of thiol groups is 2. The molecule has 0 unspecified atom stereocenters. The molecule has 1 atom stereocenters. The fourth-order valence-electron chi connectivity index (χ4n) is 0.854. The molecule has 0 aromatic carbocycles. The van der Waals surface area contributed by atoms with E-state index < -0.39 is 11.9 Å². The number of carbonyl (C=O) groups excluding carboxylic acids is 2. The van der Waals surface area contributed by atoms with E-state index in [1.807, 2.05) is 0 Å². The van der Waals surface area contributed by atoms with Gasteiger partial charge in [-0.2, -0.15) is 25.3 Å². The fourth-order valence-corrected chi connectivity index (χ4v) is 1.40. The Labute approximate surface area is 99.9 Å². The second-order valence-corrected chi connectivity index (χ2v) is 3.33. The summed E-state index contributed by atoms with van der Waals surface area (Å²) in [4.78, 5) is 26.5. The molecule has 7 heteroatoms. The normalized spacial score (nSPS) is 13.2. The molecule has 5 nitrogen and oxygen atoms in total. The van der Waals surface area contributed by atoms with Crippen molar-refractivity contribution in [1.29, 1.82) is 0 Å². The first-order chi connectivity index (χ1) is 7.10. The summed E-state index contributed by atoms with van der Waals surface area (Å²) in [6.07, 6.45) is 0. The summed E-state index contributed by atoms with van der Waals surface area (Å²) in [5.41, 5.74) is 0.286. The SMILES string of the molecule is C/N=C(\CS)C(=O)N[C@@H](CS)C(=O)NC. The van der Waals surface area contributed by atoms with Crippen LogP contribution in [0, 0.1) is 0 Å². The van der Waals surface area contributed by atoms with Crippen LogP contribution < -0.4 is 10.6 Å². The Kier molecular flexibility index (Phi) is 7.23. The average molecular weight is 249 g/mol. The second-order valence-electron chi connectivity index (χ2n) is 2.65. The quantitative estimate of drug-likeness (QED) is 0.378. The molecule has 0 fully saturated rings. The van der Waals surface area contributed by atoms with Gasteiger partial charge in [-0.1, -0.05) is 0 Å². The number of amides is 2. The molecule has 0 bridgehead atoms. The highest BCUT2D eigenvalue weighted by Gasteiger charge is 2.19. The molecule has 86 valence electrons. The zero-order chi connectivity index (χ0) is 11.8. The van der Waals surface area contributed by atoms with Crippen LogP contribution in [0.2, 0.25) is 0 Å². The van der Waals surface area contributed by atoms with Crippen LogP contribution in [0.25, 0.3) is 0 Å². The minimum absolute atomic E-state index is 0.231. The third-order valence-electron chi connectivity index (χ3n) is 1.73. The number of aliphatic imine (C=N–C) groups is 1. The van der Waals surface area contributed by atoms with Gasteiger partial charge in [0.25, 0.3) is 5.91 Å². The van der Waals surface area contributed by atoms with Crippen LogP contribution in [-0.2, 0) is 9.59 Å². The first-order valence-electron chi connectivity index (χ1n) is 4.30. The Balaban J connectivity index is 4.43. The zero-order valence-corrected chi connectivity index (χ0v) is 10.4. The molecular formula is C8H15N3O2S2. The molecular weight excluding hydrogens is 234 g/mol. The predicted molar refractivity (Wildman–Crippen MR) is 67.1 cm³/mol. The lowest BCUT2D eigenvalue weighted by atomic mass is 10.3. The summed E-state index contributed by atoms with van der Waals surface area (Å²) >= 11 is 7.93. The van der Waals surface area contributed by atoms with Gasteiger partial charge in [0.15, 0.2) is 0 Å². The van der Waals surface area contributed by atoms with E-state index in [4.69, 9.17) is 0 Å². The third-order valence-corrected chi connectivity index (χ3v) is 2.40. The maximum absolute atomic E-state index is 11.5. The van der Waals surface area contributed by atoms with Crippen LogP contribution in [0.5, 0.6) is 0 Å². The van der Waals surface area contributed by atoms with Crippen molar-refractivity contribution in [2.24, 2.45) is 4.99 Å². The molecule has 0 aliphatic rings. The summed E-state index contributed by atoms with van der Waals surface area (Å²) in [6.45, 7) is 0. The largest absolute Gasteiger partial charge is 0.357 e. The highest BCUT2D eigenvalue weighted by atomic mass is 32.1. The van der Waals surface area contributed by atoms with Crippen LogP contribution in [-0.4, -0.2) is 49.2 Å². The Morgan fingerprint density at radius 3 is 2.33 bits per heavy atom. The highest BCUT2D eigenvalue weighted by Crippen LogP contribution is 1.91. The molecule has 0 aliphatic heterocycles. The van der Waals surface area contributed by atoms with E-state index in [-0.39, 0.29) is 23.1 Å². The van der Waals surface area contributed by atoms with Gasteiger partial charge in [0.1, 0.15) is 11.8 Å². The fraction of sp³-hybridized carbons (Fsp3) is 0.625. The van der Waals surface area contributed by atoms with Crippen molar-refractivity contribution in [2.45, 2.75) is 6.04 Å². The van der Waals surface area contributed by atoms with E-state index in [2.05, 4.69) is 40.9 Å². The second kappa shape index (κ2) is 7.58. The maximum Gasteiger partial charge on any atom is 0.266 e. The Hall–Kier alpha value is -0.690. The van der Waals surface area contributed by atoms with Crippen LogP contribution in [0.1, 0.15) is 0 Å². The van der Waals surface area contributed by atoms with Gasteiger partial charge in [-0.15, -0.1) is 0 Å². The van der Waals surface area contributed by atoms with Crippen molar-refractivity contribution in [2.75, 3.05) is 25.6 Å². The summed E-state index contributed by atoms with van der Waals surface area (Å²) < 4.78 is 0. The van der Waals surface area contributed by atoms with Crippen molar-refractivity contribution in [1.82, 2.24) is 10.6 Å². The minimum atomic E-state index is -0.650. The Morgan fingerprint density at radius 1 is 1.40 bits per heavy atom. The van der Waals surface area contributed by atoms with Gasteiger partial charge >= 0.3 is 0 Å². The van der Waals surface area contributed by atoms with Gasteiger partial charge in [0.2, 0.25) is 5.91 Å². The number of likely N-dealkylation sites (N-methyl/N-ethyl adjacent to an activating group) is 1. The van der Waals surface area contributed by atoms with E-state index in [9.17, 15) is 9.59 Å². The Bertz CT molecular complexity index is 269. The highest BCUT2D eigenvalue weighted by molar-refractivity contribution is 7.81. The lowest BCUT2D eigenvalue weighted by molar-refractivity contribution is -0.125. The molecule has 0 saturated carbocycles. The maximum atomic E-state index is 11.5. The molecule has 0 aromatic heterocycles. The number of hydrogen-bond donors (Lipinski definition) is 4. The lowest BCUT2D eigenvalue weighted by Gasteiger charge is -2.14. The topological polar surface area (TPSA) is 70.6 Å². The molecule has 15 heavy (non-hydrogen) atoms. The van der Waals surface area contributed by atoms with E-state index in [0.717, 1.165) is 0 Å². The van der Waals surface area contributed by atoms with Gasteiger partial charge in [-0.25, -0.2) is 0 Å². The van der Waals surface area contributed by atoms with Crippen LogP contribution >= 0.6 is 25.3 Å². The monoisotopic (exact) mass is 249 g/mol. The van der Waals surface area contributed by atoms with E-state index >= 15 is 0 Å². The molecule has 0 radical (unpaired) electrons. The van der Waals surface area contributed by atoms with Crippen LogP contribution in [0.4, 0.5) is 0 Å². The van der Waals surface area contributed by atoms with E-state index in [0.29, 0.717) is 0 Å². The minimum Gasteiger partial charge on any atom is -0.357 e.